The van der Waals surface area contributed by atoms with E-state index in [1.807, 2.05) is 36.4 Å². The molecule has 3 aromatic heterocycles. The SMILES string of the molecule is O=P(O)(O)OCCOc1cc(-c2ccccn2)nc(-c2ccccn2)c1. The van der Waals surface area contributed by atoms with Crippen molar-refractivity contribution in [2.75, 3.05) is 13.2 Å². The summed E-state index contributed by atoms with van der Waals surface area (Å²) in [6, 6.07) is 14.4. The molecule has 0 spiro atoms. The van der Waals surface area contributed by atoms with Crippen LogP contribution in [0.25, 0.3) is 22.8 Å². The average Bonchev–Trinajstić information content (AvgIpc) is 2.66. The fourth-order valence-corrected chi connectivity index (χ4v) is 2.51. The van der Waals surface area contributed by atoms with E-state index in [0.717, 1.165) is 0 Å². The summed E-state index contributed by atoms with van der Waals surface area (Å²) in [5.74, 6) is 0.468. The van der Waals surface area contributed by atoms with Gasteiger partial charge in [-0.25, -0.2) is 9.55 Å². The molecular formula is C17H16N3O5P. The van der Waals surface area contributed by atoms with Crippen molar-refractivity contribution in [2.24, 2.45) is 0 Å². The number of nitrogens with zero attached hydrogens (tertiary/aromatic N) is 3. The third-order valence-electron chi connectivity index (χ3n) is 3.27. The molecule has 0 aliphatic heterocycles. The highest BCUT2D eigenvalue weighted by molar-refractivity contribution is 7.46. The molecule has 0 saturated heterocycles. The maximum Gasteiger partial charge on any atom is 0.469 e. The van der Waals surface area contributed by atoms with Gasteiger partial charge in [0.2, 0.25) is 0 Å². The highest BCUT2D eigenvalue weighted by Gasteiger charge is 2.14. The molecule has 134 valence electrons. The first-order valence-electron chi connectivity index (χ1n) is 7.69. The van der Waals surface area contributed by atoms with Crippen molar-refractivity contribution >= 4 is 7.82 Å². The summed E-state index contributed by atoms with van der Waals surface area (Å²) >= 11 is 0. The normalized spacial score (nSPS) is 11.3. The van der Waals surface area contributed by atoms with Gasteiger partial charge in [0, 0.05) is 24.5 Å². The lowest BCUT2D eigenvalue weighted by Crippen LogP contribution is -2.06. The zero-order valence-electron chi connectivity index (χ0n) is 13.6. The van der Waals surface area contributed by atoms with Crippen LogP contribution in [0.15, 0.2) is 60.9 Å². The lowest BCUT2D eigenvalue weighted by atomic mass is 10.2. The van der Waals surface area contributed by atoms with Gasteiger partial charge in [-0.15, -0.1) is 0 Å². The summed E-state index contributed by atoms with van der Waals surface area (Å²) in [5, 5.41) is 0. The van der Waals surface area contributed by atoms with Gasteiger partial charge in [0.05, 0.1) is 29.4 Å². The van der Waals surface area contributed by atoms with Gasteiger partial charge in [-0.1, -0.05) is 12.1 Å². The number of phosphoric acid groups is 1. The zero-order chi connectivity index (χ0) is 18.4. The Hall–Kier alpha value is -2.64. The molecule has 3 heterocycles. The summed E-state index contributed by atoms with van der Waals surface area (Å²) in [6.07, 6.45) is 3.33. The van der Waals surface area contributed by atoms with Gasteiger partial charge in [0.15, 0.2) is 0 Å². The van der Waals surface area contributed by atoms with Gasteiger partial charge in [-0.05, 0) is 24.3 Å². The number of hydrogen-bond donors (Lipinski definition) is 2. The maximum absolute atomic E-state index is 10.7. The molecule has 3 rings (SSSR count). The Kier molecular flexibility index (Phi) is 5.70. The molecular weight excluding hydrogens is 357 g/mol. The van der Waals surface area contributed by atoms with Crippen LogP contribution in [0.3, 0.4) is 0 Å². The fraction of sp³-hybridized carbons (Fsp3) is 0.118. The number of pyridine rings is 3. The zero-order valence-corrected chi connectivity index (χ0v) is 14.5. The third-order valence-corrected chi connectivity index (χ3v) is 3.78. The molecule has 0 aromatic carbocycles. The van der Waals surface area contributed by atoms with E-state index >= 15 is 0 Å². The lowest BCUT2D eigenvalue weighted by molar-refractivity contribution is 0.160. The molecule has 0 aliphatic rings. The molecule has 2 N–H and O–H groups in total. The summed E-state index contributed by atoms with van der Waals surface area (Å²) in [6.45, 7) is -0.275. The van der Waals surface area contributed by atoms with Crippen LogP contribution in [0.1, 0.15) is 0 Å². The van der Waals surface area contributed by atoms with Crippen LogP contribution in [0, 0.1) is 0 Å². The fourth-order valence-electron chi connectivity index (χ4n) is 2.20. The van der Waals surface area contributed by atoms with E-state index in [-0.39, 0.29) is 13.2 Å². The minimum atomic E-state index is -4.51. The van der Waals surface area contributed by atoms with Gasteiger partial charge in [-0.3, -0.25) is 14.5 Å². The van der Waals surface area contributed by atoms with E-state index in [4.69, 9.17) is 14.5 Å². The average molecular weight is 373 g/mol. The molecule has 0 saturated carbocycles. The first kappa shape index (κ1) is 18.2. The van der Waals surface area contributed by atoms with Crippen LogP contribution in [-0.4, -0.2) is 38.0 Å². The van der Waals surface area contributed by atoms with Gasteiger partial charge >= 0.3 is 7.82 Å². The number of ether oxygens (including phenoxy) is 1. The first-order chi connectivity index (χ1) is 12.5. The molecule has 9 heteroatoms. The van der Waals surface area contributed by atoms with Crippen molar-refractivity contribution in [1.29, 1.82) is 0 Å². The molecule has 0 unspecified atom stereocenters. The third kappa shape index (κ3) is 5.18. The smallest absolute Gasteiger partial charge is 0.469 e. The Morgan fingerprint density at radius 1 is 0.846 bits per heavy atom. The Balaban J connectivity index is 1.87. The van der Waals surface area contributed by atoms with E-state index in [9.17, 15) is 4.57 Å². The van der Waals surface area contributed by atoms with E-state index < -0.39 is 7.82 Å². The highest BCUT2D eigenvalue weighted by Crippen LogP contribution is 2.35. The minimum Gasteiger partial charge on any atom is -0.491 e. The van der Waals surface area contributed by atoms with Crippen LogP contribution >= 0.6 is 7.82 Å². The summed E-state index contributed by atoms with van der Waals surface area (Å²) in [7, 11) is -4.51. The highest BCUT2D eigenvalue weighted by atomic mass is 31.2. The summed E-state index contributed by atoms with van der Waals surface area (Å²) < 4.78 is 20.7. The Bertz CT molecular complexity index is 845. The van der Waals surface area contributed by atoms with E-state index in [1.54, 1.807) is 24.5 Å². The van der Waals surface area contributed by atoms with Gasteiger partial charge in [0.25, 0.3) is 0 Å². The molecule has 8 nitrogen and oxygen atoms in total. The number of aromatic nitrogens is 3. The predicted molar refractivity (Wildman–Crippen MR) is 94.2 cm³/mol. The number of hydrogen-bond acceptors (Lipinski definition) is 6. The second-order valence-corrected chi connectivity index (χ2v) is 6.41. The van der Waals surface area contributed by atoms with Crippen molar-refractivity contribution in [3.63, 3.8) is 0 Å². The van der Waals surface area contributed by atoms with E-state index in [0.29, 0.717) is 28.5 Å². The van der Waals surface area contributed by atoms with Crippen molar-refractivity contribution < 1.29 is 23.6 Å². The molecule has 26 heavy (non-hydrogen) atoms. The largest absolute Gasteiger partial charge is 0.491 e. The maximum atomic E-state index is 10.7. The Morgan fingerprint density at radius 2 is 1.42 bits per heavy atom. The van der Waals surface area contributed by atoms with Gasteiger partial charge in [-0.2, -0.15) is 0 Å². The van der Waals surface area contributed by atoms with Crippen LogP contribution < -0.4 is 4.74 Å². The van der Waals surface area contributed by atoms with Crippen molar-refractivity contribution in [2.45, 2.75) is 0 Å². The van der Waals surface area contributed by atoms with Crippen LogP contribution in [0.5, 0.6) is 5.75 Å². The minimum absolute atomic E-state index is 0.0293. The molecule has 0 atom stereocenters. The Labute approximate surface area is 149 Å². The van der Waals surface area contributed by atoms with Crippen LogP contribution in [-0.2, 0) is 9.09 Å². The standard InChI is InChI=1S/C17H16N3O5P/c21-26(22,23)25-10-9-24-13-11-16(14-5-1-3-7-18-14)20-17(12-13)15-6-2-4-8-19-15/h1-8,11-12H,9-10H2,(H2,21,22,23). The first-order valence-corrected chi connectivity index (χ1v) is 9.22. The molecule has 0 aliphatic carbocycles. The summed E-state index contributed by atoms with van der Waals surface area (Å²) in [5.41, 5.74) is 2.53. The quantitative estimate of drug-likeness (QED) is 0.480. The summed E-state index contributed by atoms with van der Waals surface area (Å²) in [4.78, 5) is 30.6. The predicted octanol–water partition coefficient (Wildman–Crippen LogP) is 2.69. The molecule has 3 aromatic rings. The van der Waals surface area contributed by atoms with Crippen molar-refractivity contribution in [1.82, 2.24) is 15.0 Å². The number of phosphoric ester groups is 1. The van der Waals surface area contributed by atoms with Crippen molar-refractivity contribution in [3.05, 3.63) is 60.9 Å². The monoisotopic (exact) mass is 373 g/mol. The molecule has 0 fully saturated rings. The van der Waals surface area contributed by atoms with Crippen LogP contribution in [0.4, 0.5) is 0 Å². The second kappa shape index (κ2) is 8.16. The van der Waals surface area contributed by atoms with E-state index in [1.165, 1.54) is 0 Å². The van der Waals surface area contributed by atoms with Gasteiger partial charge in [0.1, 0.15) is 12.4 Å². The lowest BCUT2D eigenvalue weighted by Gasteiger charge is -2.11. The molecule has 0 bridgehead atoms. The molecule has 0 amide bonds. The number of rotatable bonds is 7. The van der Waals surface area contributed by atoms with E-state index in [2.05, 4.69) is 19.5 Å². The van der Waals surface area contributed by atoms with Crippen LogP contribution in [0.2, 0.25) is 0 Å². The topological polar surface area (TPSA) is 115 Å². The van der Waals surface area contributed by atoms with Crippen molar-refractivity contribution in [3.8, 4) is 28.5 Å². The Morgan fingerprint density at radius 3 is 1.88 bits per heavy atom. The van der Waals surface area contributed by atoms with Gasteiger partial charge < -0.3 is 14.5 Å². The second-order valence-electron chi connectivity index (χ2n) is 5.18. The molecule has 0 radical (unpaired) electrons.